The molecule has 5 heteroatoms. The van der Waals surface area contributed by atoms with E-state index in [0.29, 0.717) is 12.6 Å². The van der Waals surface area contributed by atoms with Crippen molar-refractivity contribution in [2.75, 3.05) is 26.9 Å². The molecule has 2 aliphatic rings. The molecule has 2 fully saturated rings. The monoisotopic (exact) mass is 256 g/mol. The van der Waals surface area contributed by atoms with E-state index in [0.717, 1.165) is 38.9 Å². The standard InChI is InChI=1S/C13H24N2O3/c1-17-12-4-2-3-11(12)14-9-13(16)15-10-5-7-18-8-6-10/h10-12,14H,2-9H2,1H3,(H,15,16). The lowest BCUT2D eigenvalue weighted by molar-refractivity contribution is -0.121. The molecule has 1 saturated carbocycles. The zero-order chi connectivity index (χ0) is 12.8. The Morgan fingerprint density at radius 1 is 1.28 bits per heavy atom. The predicted octanol–water partition coefficient (Wildman–Crippen LogP) is 0.439. The number of nitrogens with one attached hydrogen (secondary N) is 2. The second-order valence-electron chi connectivity index (χ2n) is 5.15. The second-order valence-corrected chi connectivity index (χ2v) is 5.15. The minimum Gasteiger partial charge on any atom is -0.381 e. The maximum atomic E-state index is 11.8. The Morgan fingerprint density at radius 3 is 2.78 bits per heavy atom. The van der Waals surface area contributed by atoms with Crippen molar-refractivity contribution in [1.82, 2.24) is 10.6 Å². The van der Waals surface area contributed by atoms with Gasteiger partial charge in [-0.1, -0.05) is 0 Å². The lowest BCUT2D eigenvalue weighted by Crippen LogP contribution is -2.46. The van der Waals surface area contributed by atoms with Gasteiger partial charge in [0.05, 0.1) is 12.6 Å². The zero-order valence-corrected chi connectivity index (χ0v) is 11.1. The van der Waals surface area contributed by atoms with E-state index >= 15 is 0 Å². The summed E-state index contributed by atoms with van der Waals surface area (Å²) < 4.78 is 10.7. The Bertz CT molecular complexity index is 267. The van der Waals surface area contributed by atoms with Crippen LogP contribution in [-0.4, -0.2) is 51.0 Å². The van der Waals surface area contributed by atoms with Gasteiger partial charge in [-0.25, -0.2) is 0 Å². The van der Waals surface area contributed by atoms with Crippen LogP contribution in [0.1, 0.15) is 32.1 Å². The molecule has 5 nitrogen and oxygen atoms in total. The van der Waals surface area contributed by atoms with Crippen molar-refractivity contribution in [2.24, 2.45) is 0 Å². The predicted molar refractivity (Wildman–Crippen MR) is 68.4 cm³/mol. The van der Waals surface area contributed by atoms with Crippen LogP contribution >= 0.6 is 0 Å². The lowest BCUT2D eigenvalue weighted by Gasteiger charge is -2.24. The van der Waals surface area contributed by atoms with E-state index in [9.17, 15) is 4.79 Å². The summed E-state index contributed by atoms with van der Waals surface area (Å²) in [5, 5.41) is 6.36. The molecule has 0 aromatic heterocycles. The molecule has 2 N–H and O–H groups in total. The molecule has 1 heterocycles. The summed E-state index contributed by atoms with van der Waals surface area (Å²) in [6.45, 7) is 1.90. The third kappa shape index (κ3) is 3.93. The van der Waals surface area contributed by atoms with Crippen molar-refractivity contribution in [3.05, 3.63) is 0 Å². The molecule has 2 unspecified atom stereocenters. The smallest absolute Gasteiger partial charge is 0.234 e. The van der Waals surface area contributed by atoms with Gasteiger partial charge in [-0.2, -0.15) is 0 Å². The van der Waals surface area contributed by atoms with Crippen LogP contribution in [0.4, 0.5) is 0 Å². The van der Waals surface area contributed by atoms with Gasteiger partial charge in [0.2, 0.25) is 5.91 Å². The first-order valence-electron chi connectivity index (χ1n) is 6.93. The summed E-state index contributed by atoms with van der Waals surface area (Å²) in [6.07, 6.45) is 5.49. The number of hydrogen-bond donors (Lipinski definition) is 2. The van der Waals surface area contributed by atoms with Gasteiger partial charge >= 0.3 is 0 Å². The number of amides is 1. The highest BCUT2D eigenvalue weighted by Gasteiger charge is 2.27. The molecule has 0 aromatic carbocycles. The number of methoxy groups -OCH3 is 1. The normalized spacial score (nSPS) is 29.4. The van der Waals surface area contributed by atoms with Crippen molar-refractivity contribution < 1.29 is 14.3 Å². The number of hydrogen-bond acceptors (Lipinski definition) is 4. The molecule has 1 aliphatic carbocycles. The Balaban J connectivity index is 1.64. The van der Waals surface area contributed by atoms with Gasteiger partial charge < -0.3 is 20.1 Å². The van der Waals surface area contributed by atoms with Gasteiger partial charge in [-0.05, 0) is 32.1 Å². The van der Waals surface area contributed by atoms with E-state index in [4.69, 9.17) is 9.47 Å². The van der Waals surface area contributed by atoms with Crippen molar-refractivity contribution in [3.63, 3.8) is 0 Å². The van der Waals surface area contributed by atoms with Gasteiger partial charge in [-0.15, -0.1) is 0 Å². The Hall–Kier alpha value is -0.650. The van der Waals surface area contributed by atoms with Crippen LogP contribution in [0.25, 0.3) is 0 Å². The molecular formula is C13H24N2O3. The van der Waals surface area contributed by atoms with Crippen LogP contribution in [0, 0.1) is 0 Å². The summed E-state index contributed by atoms with van der Waals surface area (Å²) >= 11 is 0. The highest BCUT2D eigenvalue weighted by Crippen LogP contribution is 2.21. The Kier molecular flexibility index (Phi) is 5.41. The number of ether oxygens (including phenoxy) is 2. The van der Waals surface area contributed by atoms with E-state index < -0.39 is 0 Å². The fraction of sp³-hybridized carbons (Fsp3) is 0.923. The van der Waals surface area contributed by atoms with Crippen molar-refractivity contribution in [3.8, 4) is 0 Å². The first-order valence-corrected chi connectivity index (χ1v) is 6.93. The highest BCUT2D eigenvalue weighted by atomic mass is 16.5. The lowest BCUT2D eigenvalue weighted by atomic mass is 10.1. The quantitative estimate of drug-likeness (QED) is 0.749. The molecule has 1 aliphatic heterocycles. The van der Waals surface area contributed by atoms with E-state index in [1.54, 1.807) is 7.11 Å². The average Bonchev–Trinajstić information content (AvgIpc) is 2.85. The summed E-state index contributed by atoms with van der Waals surface area (Å²) in [7, 11) is 1.74. The van der Waals surface area contributed by atoms with Gasteiger partial charge in [0.15, 0.2) is 0 Å². The Morgan fingerprint density at radius 2 is 2.06 bits per heavy atom. The van der Waals surface area contributed by atoms with Crippen LogP contribution in [-0.2, 0) is 14.3 Å². The van der Waals surface area contributed by atoms with E-state index in [-0.39, 0.29) is 18.1 Å². The van der Waals surface area contributed by atoms with Gasteiger partial charge in [0.25, 0.3) is 0 Å². The fourth-order valence-corrected chi connectivity index (χ4v) is 2.79. The molecule has 18 heavy (non-hydrogen) atoms. The number of rotatable bonds is 5. The molecular weight excluding hydrogens is 232 g/mol. The van der Waals surface area contributed by atoms with E-state index in [1.807, 2.05) is 0 Å². The van der Waals surface area contributed by atoms with Gasteiger partial charge in [0, 0.05) is 32.4 Å². The van der Waals surface area contributed by atoms with Crippen LogP contribution in [0.15, 0.2) is 0 Å². The number of carbonyl (C=O) groups is 1. The molecule has 0 radical (unpaired) electrons. The molecule has 0 spiro atoms. The van der Waals surface area contributed by atoms with Crippen molar-refractivity contribution in [1.29, 1.82) is 0 Å². The summed E-state index contributed by atoms with van der Waals surface area (Å²) in [6, 6.07) is 0.616. The largest absolute Gasteiger partial charge is 0.381 e. The van der Waals surface area contributed by atoms with E-state index in [1.165, 1.54) is 6.42 Å². The maximum Gasteiger partial charge on any atom is 0.234 e. The van der Waals surface area contributed by atoms with Crippen LogP contribution in [0.3, 0.4) is 0 Å². The zero-order valence-electron chi connectivity index (χ0n) is 11.1. The summed E-state index contributed by atoms with van der Waals surface area (Å²) in [5.41, 5.74) is 0. The van der Waals surface area contributed by atoms with Gasteiger partial charge in [0.1, 0.15) is 0 Å². The molecule has 2 atom stereocenters. The summed E-state index contributed by atoms with van der Waals surface area (Å²) in [5.74, 6) is 0.0867. The minimum atomic E-state index is 0.0867. The molecule has 104 valence electrons. The van der Waals surface area contributed by atoms with Crippen molar-refractivity contribution in [2.45, 2.75) is 50.3 Å². The van der Waals surface area contributed by atoms with E-state index in [2.05, 4.69) is 10.6 Å². The Labute approximate surface area is 109 Å². The minimum absolute atomic E-state index is 0.0867. The average molecular weight is 256 g/mol. The molecule has 1 amide bonds. The third-order valence-electron chi connectivity index (χ3n) is 3.87. The topological polar surface area (TPSA) is 59.6 Å². The van der Waals surface area contributed by atoms with Crippen molar-refractivity contribution >= 4 is 5.91 Å². The summed E-state index contributed by atoms with van der Waals surface area (Å²) in [4.78, 5) is 11.8. The maximum absolute atomic E-state index is 11.8. The number of carbonyl (C=O) groups excluding carboxylic acids is 1. The fourth-order valence-electron chi connectivity index (χ4n) is 2.79. The SMILES string of the molecule is COC1CCCC1NCC(=O)NC1CCOCC1. The van der Waals surface area contributed by atoms with Crippen LogP contribution < -0.4 is 10.6 Å². The first kappa shape index (κ1) is 13.8. The highest BCUT2D eigenvalue weighted by molar-refractivity contribution is 5.78. The molecule has 0 aromatic rings. The second kappa shape index (κ2) is 7.07. The third-order valence-corrected chi connectivity index (χ3v) is 3.87. The molecule has 0 bridgehead atoms. The molecule has 2 rings (SSSR count). The first-order chi connectivity index (χ1) is 8.79. The molecule has 1 saturated heterocycles. The van der Waals surface area contributed by atoms with Gasteiger partial charge in [-0.3, -0.25) is 4.79 Å². The van der Waals surface area contributed by atoms with Crippen LogP contribution in [0.2, 0.25) is 0 Å². The van der Waals surface area contributed by atoms with Crippen LogP contribution in [0.5, 0.6) is 0 Å².